The molecule has 0 fully saturated rings. The summed E-state index contributed by atoms with van der Waals surface area (Å²) in [5, 5.41) is 11.4. The van der Waals surface area contributed by atoms with Gasteiger partial charge in [0.2, 0.25) is 0 Å². The second kappa shape index (κ2) is 13.8. The summed E-state index contributed by atoms with van der Waals surface area (Å²) in [6.45, 7) is 4.78. The van der Waals surface area contributed by atoms with Crippen molar-refractivity contribution >= 4 is 6.34 Å². The first kappa shape index (κ1) is 22.9. The van der Waals surface area contributed by atoms with Gasteiger partial charge in [-0.1, -0.05) is 108 Å². The molecule has 0 aromatic heterocycles. The Morgan fingerprint density at radius 2 is 1.50 bits per heavy atom. The molecule has 0 radical (unpaired) electrons. The van der Waals surface area contributed by atoms with Crippen LogP contribution in [0.1, 0.15) is 89.5 Å². The molecule has 1 aromatic carbocycles. The molecule has 1 unspecified atom stereocenters. The van der Waals surface area contributed by atoms with Crippen molar-refractivity contribution in [3.8, 4) is 0 Å². The molecule has 0 saturated heterocycles. The largest absolute Gasteiger partial charge is 0.388 e. The van der Waals surface area contributed by atoms with Crippen molar-refractivity contribution in [1.29, 1.82) is 0 Å². The molecule has 1 N–H and O–H groups in total. The van der Waals surface area contributed by atoms with E-state index in [1.54, 1.807) is 0 Å². The average molecular weight is 387 g/mol. The van der Waals surface area contributed by atoms with Gasteiger partial charge < -0.3 is 10.0 Å². The monoisotopic (exact) mass is 386 g/mol. The van der Waals surface area contributed by atoms with Crippen molar-refractivity contribution in [3.63, 3.8) is 0 Å². The number of hydrogen-bond donors (Lipinski definition) is 1. The minimum atomic E-state index is -0.656. The van der Waals surface area contributed by atoms with Crippen LogP contribution in [0.2, 0.25) is 0 Å². The fourth-order valence-corrected chi connectivity index (χ4v) is 4.23. The van der Waals surface area contributed by atoms with E-state index in [1.807, 2.05) is 12.4 Å². The Morgan fingerprint density at radius 3 is 2.07 bits per heavy atom. The van der Waals surface area contributed by atoms with E-state index < -0.39 is 5.60 Å². The number of β-amino-alcohol motifs (C(OH)–C–C–N with tert-alkyl or cyclic N) is 1. The van der Waals surface area contributed by atoms with Crippen LogP contribution in [0, 0.1) is 0 Å². The standard InChI is InChI=1S/C25H42N2O/c1-2-3-4-5-6-7-8-9-10-11-15-18-25(28,22-27-20-19-26-23-27)21-24-16-13-12-14-17-24/h12-14,16-17,23,28H,2-11,15,18-22H2,1H3. The van der Waals surface area contributed by atoms with Gasteiger partial charge in [0.15, 0.2) is 0 Å². The van der Waals surface area contributed by atoms with Gasteiger partial charge >= 0.3 is 0 Å². The maximum Gasteiger partial charge on any atom is 0.0862 e. The van der Waals surface area contributed by atoms with Gasteiger partial charge in [0.05, 0.1) is 18.5 Å². The van der Waals surface area contributed by atoms with Crippen LogP contribution in [0.25, 0.3) is 0 Å². The summed E-state index contributed by atoms with van der Waals surface area (Å²) < 4.78 is 0. The topological polar surface area (TPSA) is 35.8 Å². The third-order valence-corrected chi connectivity index (χ3v) is 5.88. The summed E-state index contributed by atoms with van der Waals surface area (Å²) in [5.74, 6) is 0. The molecule has 28 heavy (non-hydrogen) atoms. The molecule has 1 aromatic rings. The first-order valence-corrected chi connectivity index (χ1v) is 11.7. The summed E-state index contributed by atoms with van der Waals surface area (Å²) in [6, 6.07) is 10.4. The normalized spacial score (nSPS) is 15.9. The lowest BCUT2D eigenvalue weighted by Crippen LogP contribution is -2.44. The maximum atomic E-state index is 11.4. The SMILES string of the molecule is CCCCCCCCCCCCCC(O)(Cc1ccccc1)CN1C=NCC1. The van der Waals surface area contributed by atoms with Crippen molar-refractivity contribution in [2.75, 3.05) is 19.6 Å². The molecule has 2 rings (SSSR count). The lowest BCUT2D eigenvalue weighted by atomic mass is 9.88. The molecule has 0 saturated carbocycles. The Bertz CT molecular complexity index is 531. The molecule has 0 bridgehead atoms. The Morgan fingerprint density at radius 1 is 0.893 bits per heavy atom. The molecule has 1 aliphatic rings. The van der Waals surface area contributed by atoms with Gasteiger partial charge in [0, 0.05) is 19.5 Å². The molecule has 0 spiro atoms. The highest BCUT2D eigenvalue weighted by Gasteiger charge is 2.29. The fraction of sp³-hybridized carbons (Fsp3) is 0.720. The zero-order valence-corrected chi connectivity index (χ0v) is 18.1. The van der Waals surface area contributed by atoms with Crippen LogP contribution in [0.15, 0.2) is 35.3 Å². The first-order valence-electron chi connectivity index (χ1n) is 11.7. The Hall–Kier alpha value is -1.35. The minimum absolute atomic E-state index is 0.656. The number of benzene rings is 1. The number of unbranched alkanes of at least 4 members (excludes halogenated alkanes) is 10. The third kappa shape index (κ3) is 9.73. The second-order valence-corrected chi connectivity index (χ2v) is 8.66. The van der Waals surface area contributed by atoms with E-state index in [0.29, 0.717) is 6.54 Å². The lowest BCUT2D eigenvalue weighted by molar-refractivity contribution is 0.0121. The summed E-state index contributed by atoms with van der Waals surface area (Å²) in [5.41, 5.74) is 0.570. The van der Waals surface area contributed by atoms with E-state index in [-0.39, 0.29) is 0 Å². The average Bonchev–Trinajstić information content (AvgIpc) is 3.19. The molecule has 1 aliphatic heterocycles. The first-order chi connectivity index (χ1) is 13.7. The predicted molar refractivity (Wildman–Crippen MR) is 121 cm³/mol. The van der Waals surface area contributed by atoms with Crippen LogP contribution in [-0.4, -0.2) is 41.6 Å². The molecule has 1 heterocycles. The molecule has 3 heteroatoms. The highest BCUT2D eigenvalue weighted by molar-refractivity contribution is 5.57. The summed E-state index contributed by atoms with van der Waals surface area (Å²) in [6.07, 6.45) is 18.3. The van der Waals surface area contributed by atoms with Crippen molar-refractivity contribution in [3.05, 3.63) is 35.9 Å². The number of hydrogen-bond acceptors (Lipinski definition) is 3. The molecule has 158 valence electrons. The third-order valence-electron chi connectivity index (χ3n) is 5.88. The number of rotatable bonds is 16. The number of aliphatic hydroxyl groups is 1. The van der Waals surface area contributed by atoms with Crippen molar-refractivity contribution < 1.29 is 5.11 Å². The highest BCUT2D eigenvalue weighted by atomic mass is 16.3. The van der Waals surface area contributed by atoms with Crippen LogP contribution in [0.3, 0.4) is 0 Å². The molecule has 1 atom stereocenters. The fourth-order valence-electron chi connectivity index (χ4n) is 4.23. The summed E-state index contributed by atoms with van der Waals surface area (Å²) >= 11 is 0. The van der Waals surface area contributed by atoms with E-state index in [2.05, 4.69) is 41.1 Å². The highest BCUT2D eigenvalue weighted by Crippen LogP contribution is 2.23. The van der Waals surface area contributed by atoms with Crippen LogP contribution >= 0.6 is 0 Å². The van der Waals surface area contributed by atoms with Gasteiger partial charge in [-0.3, -0.25) is 4.99 Å². The lowest BCUT2D eigenvalue weighted by Gasteiger charge is -2.32. The van der Waals surface area contributed by atoms with Crippen LogP contribution in [-0.2, 0) is 6.42 Å². The van der Waals surface area contributed by atoms with Crippen LogP contribution in [0.5, 0.6) is 0 Å². The summed E-state index contributed by atoms with van der Waals surface area (Å²) in [4.78, 5) is 6.49. The number of nitrogens with zero attached hydrogens (tertiary/aromatic N) is 2. The van der Waals surface area contributed by atoms with E-state index in [1.165, 1.54) is 69.8 Å². The van der Waals surface area contributed by atoms with Gasteiger partial charge in [0.1, 0.15) is 0 Å². The van der Waals surface area contributed by atoms with Crippen LogP contribution < -0.4 is 0 Å². The molecular weight excluding hydrogens is 344 g/mol. The number of aliphatic imine (C=N–C) groups is 1. The smallest absolute Gasteiger partial charge is 0.0862 e. The molecule has 0 amide bonds. The van der Waals surface area contributed by atoms with E-state index in [9.17, 15) is 5.11 Å². The second-order valence-electron chi connectivity index (χ2n) is 8.66. The predicted octanol–water partition coefficient (Wildman–Crippen LogP) is 6.01. The van der Waals surface area contributed by atoms with E-state index in [0.717, 1.165) is 32.4 Å². The van der Waals surface area contributed by atoms with E-state index in [4.69, 9.17) is 0 Å². The zero-order valence-electron chi connectivity index (χ0n) is 18.1. The molecular formula is C25H42N2O. The Kier molecular flexibility index (Phi) is 11.3. The van der Waals surface area contributed by atoms with E-state index >= 15 is 0 Å². The minimum Gasteiger partial charge on any atom is -0.388 e. The van der Waals surface area contributed by atoms with Gasteiger partial charge in [-0.2, -0.15) is 0 Å². The van der Waals surface area contributed by atoms with Gasteiger partial charge in [0.25, 0.3) is 0 Å². The van der Waals surface area contributed by atoms with Gasteiger partial charge in [-0.25, -0.2) is 0 Å². The van der Waals surface area contributed by atoms with Crippen molar-refractivity contribution in [2.45, 2.75) is 96.0 Å². The van der Waals surface area contributed by atoms with Crippen molar-refractivity contribution in [2.24, 2.45) is 4.99 Å². The zero-order chi connectivity index (χ0) is 19.9. The Balaban J connectivity index is 1.64. The molecule has 3 nitrogen and oxygen atoms in total. The molecule has 0 aliphatic carbocycles. The maximum absolute atomic E-state index is 11.4. The van der Waals surface area contributed by atoms with Gasteiger partial charge in [-0.05, 0) is 12.0 Å². The van der Waals surface area contributed by atoms with Gasteiger partial charge in [-0.15, -0.1) is 0 Å². The quantitative estimate of drug-likeness (QED) is 0.353. The van der Waals surface area contributed by atoms with Crippen LogP contribution in [0.4, 0.5) is 0 Å². The van der Waals surface area contributed by atoms with Crippen molar-refractivity contribution in [1.82, 2.24) is 4.90 Å². The summed E-state index contributed by atoms with van der Waals surface area (Å²) in [7, 11) is 0. The Labute approximate surface area is 173 Å².